The van der Waals surface area contributed by atoms with Crippen LogP contribution in [0.3, 0.4) is 0 Å². The Balaban J connectivity index is 1.82. The Morgan fingerprint density at radius 1 is 1.29 bits per heavy atom. The minimum Gasteiger partial charge on any atom is -0.481 e. The molecule has 0 saturated heterocycles. The van der Waals surface area contributed by atoms with Crippen LogP contribution in [0.1, 0.15) is 43.7 Å². The third kappa shape index (κ3) is 4.29. The van der Waals surface area contributed by atoms with E-state index in [1.165, 1.54) is 11.1 Å². The number of benzene rings is 1. The summed E-state index contributed by atoms with van der Waals surface area (Å²) in [7, 11) is 0. The van der Waals surface area contributed by atoms with E-state index in [9.17, 15) is 9.90 Å². The summed E-state index contributed by atoms with van der Waals surface area (Å²) in [6, 6.07) is 8.31. The van der Waals surface area contributed by atoms with Gasteiger partial charge in [-0.15, -0.1) is 0 Å². The van der Waals surface area contributed by atoms with Crippen molar-refractivity contribution in [3.63, 3.8) is 0 Å². The highest BCUT2D eigenvalue weighted by atomic mass is 16.4. The van der Waals surface area contributed by atoms with E-state index in [2.05, 4.69) is 24.4 Å². The largest absolute Gasteiger partial charge is 0.481 e. The summed E-state index contributed by atoms with van der Waals surface area (Å²) in [5, 5.41) is 22.8. The zero-order valence-corrected chi connectivity index (χ0v) is 12.6. The van der Waals surface area contributed by atoms with E-state index >= 15 is 0 Å². The average Bonchev–Trinajstić information content (AvgIpc) is 2.48. The SMILES string of the molecule is CCc1ccccc1CNCC1(O)CCC(C(=O)O)CC1. The smallest absolute Gasteiger partial charge is 0.306 e. The third-order valence-corrected chi connectivity index (χ3v) is 4.53. The highest BCUT2D eigenvalue weighted by Crippen LogP contribution is 2.31. The van der Waals surface area contributed by atoms with Crippen molar-refractivity contribution in [1.29, 1.82) is 0 Å². The highest BCUT2D eigenvalue weighted by Gasteiger charge is 2.35. The lowest BCUT2D eigenvalue weighted by Gasteiger charge is -2.35. The molecule has 21 heavy (non-hydrogen) atoms. The second-order valence-corrected chi connectivity index (χ2v) is 6.06. The second-order valence-electron chi connectivity index (χ2n) is 6.06. The van der Waals surface area contributed by atoms with Crippen LogP contribution in [0.2, 0.25) is 0 Å². The maximum absolute atomic E-state index is 10.9. The topological polar surface area (TPSA) is 69.6 Å². The first-order chi connectivity index (χ1) is 10.0. The maximum Gasteiger partial charge on any atom is 0.306 e. The number of rotatable bonds is 6. The minimum atomic E-state index is -0.757. The molecule has 0 heterocycles. The molecular weight excluding hydrogens is 266 g/mol. The normalized spacial score (nSPS) is 25.7. The maximum atomic E-state index is 10.9. The molecule has 2 rings (SSSR count). The molecule has 4 nitrogen and oxygen atoms in total. The van der Waals surface area contributed by atoms with Crippen molar-refractivity contribution < 1.29 is 15.0 Å². The summed E-state index contributed by atoms with van der Waals surface area (Å²) in [5.41, 5.74) is 1.84. The monoisotopic (exact) mass is 291 g/mol. The number of aryl methyl sites for hydroxylation is 1. The van der Waals surface area contributed by atoms with Crippen molar-refractivity contribution in [2.24, 2.45) is 5.92 Å². The van der Waals surface area contributed by atoms with Gasteiger partial charge in [-0.2, -0.15) is 0 Å². The van der Waals surface area contributed by atoms with Gasteiger partial charge in [0.05, 0.1) is 11.5 Å². The van der Waals surface area contributed by atoms with Crippen molar-refractivity contribution in [1.82, 2.24) is 5.32 Å². The molecule has 116 valence electrons. The quantitative estimate of drug-likeness (QED) is 0.752. The Hall–Kier alpha value is -1.39. The molecule has 1 aliphatic rings. The van der Waals surface area contributed by atoms with Crippen LogP contribution in [-0.4, -0.2) is 28.3 Å². The average molecular weight is 291 g/mol. The number of nitrogens with one attached hydrogen (secondary N) is 1. The Labute approximate surface area is 126 Å². The van der Waals surface area contributed by atoms with E-state index < -0.39 is 11.6 Å². The lowest BCUT2D eigenvalue weighted by atomic mass is 9.79. The van der Waals surface area contributed by atoms with Gasteiger partial charge in [0.25, 0.3) is 0 Å². The Morgan fingerprint density at radius 3 is 2.48 bits per heavy atom. The summed E-state index contributed by atoms with van der Waals surface area (Å²) in [6.07, 6.45) is 3.26. The van der Waals surface area contributed by atoms with Gasteiger partial charge >= 0.3 is 5.97 Å². The molecule has 0 aromatic heterocycles. The van der Waals surface area contributed by atoms with Gasteiger partial charge in [0.15, 0.2) is 0 Å². The number of aliphatic hydroxyl groups is 1. The van der Waals surface area contributed by atoms with Gasteiger partial charge < -0.3 is 15.5 Å². The van der Waals surface area contributed by atoms with Crippen molar-refractivity contribution in [2.75, 3.05) is 6.54 Å². The van der Waals surface area contributed by atoms with Gasteiger partial charge in [-0.05, 0) is 43.2 Å². The summed E-state index contributed by atoms with van der Waals surface area (Å²) < 4.78 is 0. The van der Waals surface area contributed by atoms with E-state index in [-0.39, 0.29) is 5.92 Å². The summed E-state index contributed by atoms with van der Waals surface area (Å²) in [4.78, 5) is 10.9. The van der Waals surface area contributed by atoms with Gasteiger partial charge in [0.2, 0.25) is 0 Å². The molecule has 3 N–H and O–H groups in total. The number of carbonyl (C=O) groups is 1. The van der Waals surface area contributed by atoms with Crippen molar-refractivity contribution in [3.8, 4) is 0 Å². The molecule has 1 fully saturated rings. The van der Waals surface area contributed by atoms with Crippen LogP contribution < -0.4 is 5.32 Å². The Kier molecular flexibility index (Phi) is 5.37. The van der Waals surface area contributed by atoms with Gasteiger partial charge in [0, 0.05) is 13.1 Å². The van der Waals surface area contributed by atoms with E-state index in [0.29, 0.717) is 32.2 Å². The van der Waals surface area contributed by atoms with Crippen molar-refractivity contribution >= 4 is 5.97 Å². The van der Waals surface area contributed by atoms with E-state index in [4.69, 9.17) is 5.11 Å². The van der Waals surface area contributed by atoms with Gasteiger partial charge in [0.1, 0.15) is 0 Å². The molecule has 1 aromatic rings. The van der Waals surface area contributed by atoms with Crippen LogP contribution in [0.15, 0.2) is 24.3 Å². The lowest BCUT2D eigenvalue weighted by Crippen LogP contribution is -2.44. The number of carboxylic acid groups (broad SMARTS) is 1. The van der Waals surface area contributed by atoms with Crippen LogP contribution in [0, 0.1) is 5.92 Å². The summed E-state index contributed by atoms with van der Waals surface area (Å²) in [5.74, 6) is -1.02. The Bertz CT molecular complexity index is 479. The molecule has 1 aromatic carbocycles. The predicted octanol–water partition coefficient (Wildman–Crippen LogP) is 2.34. The standard InChI is InChI=1S/C17H25NO3/c1-2-13-5-3-4-6-15(13)11-18-12-17(21)9-7-14(8-10-17)16(19)20/h3-6,14,18,21H,2,7-12H2,1H3,(H,19,20). The first-order valence-corrected chi connectivity index (χ1v) is 7.77. The minimum absolute atomic E-state index is 0.286. The van der Waals surface area contributed by atoms with Crippen molar-refractivity contribution in [3.05, 3.63) is 35.4 Å². The van der Waals surface area contributed by atoms with E-state index in [1.807, 2.05) is 12.1 Å². The van der Waals surface area contributed by atoms with Crippen LogP contribution in [-0.2, 0) is 17.8 Å². The van der Waals surface area contributed by atoms with E-state index in [0.717, 1.165) is 13.0 Å². The van der Waals surface area contributed by atoms with Gasteiger partial charge in [-0.25, -0.2) is 0 Å². The van der Waals surface area contributed by atoms with Crippen LogP contribution >= 0.6 is 0 Å². The fourth-order valence-electron chi connectivity index (χ4n) is 3.08. The molecule has 0 amide bonds. The van der Waals surface area contributed by atoms with Crippen LogP contribution in [0.4, 0.5) is 0 Å². The van der Waals surface area contributed by atoms with Crippen molar-refractivity contribution in [2.45, 2.75) is 51.2 Å². The number of carboxylic acids is 1. The fraction of sp³-hybridized carbons (Fsp3) is 0.588. The lowest BCUT2D eigenvalue weighted by molar-refractivity contribution is -0.144. The first kappa shape index (κ1) is 16.0. The number of aliphatic carboxylic acids is 1. The molecule has 0 radical (unpaired) electrons. The summed E-state index contributed by atoms with van der Waals surface area (Å²) >= 11 is 0. The Morgan fingerprint density at radius 2 is 1.90 bits per heavy atom. The predicted molar refractivity (Wildman–Crippen MR) is 82.1 cm³/mol. The van der Waals surface area contributed by atoms with Crippen LogP contribution in [0.5, 0.6) is 0 Å². The molecule has 4 heteroatoms. The molecular formula is C17H25NO3. The van der Waals surface area contributed by atoms with Gasteiger partial charge in [-0.1, -0.05) is 31.2 Å². The zero-order chi connectivity index (χ0) is 15.3. The molecule has 0 bridgehead atoms. The van der Waals surface area contributed by atoms with E-state index in [1.54, 1.807) is 0 Å². The molecule has 0 unspecified atom stereocenters. The molecule has 1 aliphatic carbocycles. The van der Waals surface area contributed by atoms with Gasteiger partial charge in [-0.3, -0.25) is 4.79 Å². The fourth-order valence-corrected chi connectivity index (χ4v) is 3.08. The molecule has 0 spiro atoms. The highest BCUT2D eigenvalue weighted by molar-refractivity contribution is 5.70. The molecule has 0 atom stereocenters. The van der Waals surface area contributed by atoms with Crippen LogP contribution in [0.25, 0.3) is 0 Å². The second kappa shape index (κ2) is 7.05. The molecule has 1 saturated carbocycles. The first-order valence-electron chi connectivity index (χ1n) is 7.77. The number of hydrogen-bond acceptors (Lipinski definition) is 3. The zero-order valence-electron chi connectivity index (χ0n) is 12.6. The molecule has 0 aliphatic heterocycles. The number of hydrogen-bond donors (Lipinski definition) is 3. The third-order valence-electron chi connectivity index (χ3n) is 4.53. The summed E-state index contributed by atoms with van der Waals surface area (Å²) in [6.45, 7) is 3.41.